The van der Waals surface area contributed by atoms with E-state index < -0.39 is 0 Å². The van der Waals surface area contributed by atoms with E-state index in [4.69, 9.17) is 10.5 Å². The maximum Gasteiger partial charge on any atom is 0.214 e. The van der Waals surface area contributed by atoms with Gasteiger partial charge in [0.1, 0.15) is 5.82 Å². The van der Waals surface area contributed by atoms with E-state index in [2.05, 4.69) is 23.2 Å². The Bertz CT molecular complexity index is 422. The molecule has 1 aromatic rings. The quantitative estimate of drug-likeness (QED) is 0.801. The lowest BCUT2D eigenvalue weighted by atomic mass is 9.98. The van der Waals surface area contributed by atoms with Gasteiger partial charge in [0.15, 0.2) is 0 Å². The molecule has 0 unspecified atom stereocenters. The van der Waals surface area contributed by atoms with Crippen LogP contribution in [-0.2, 0) is 0 Å². The molecule has 0 aliphatic heterocycles. The summed E-state index contributed by atoms with van der Waals surface area (Å²) in [5, 5.41) is 0. The zero-order chi connectivity index (χ0) is 10.7. The van der Waals surface area contributed by atoms with Gasteiger partial charge in [-0.1, -0.05) is 18.2 Å². The maximum atomic E-state index is 5.87. The Hall–Kier alpha value is -1.77. The third-order valence-electron chi connectivity index (χ3n) is 2.47. The highest BCUT2D eigenvalue weighted by atomic mass is 16.5. The number of hydrogen-bond acceptors (Lipinski definition) is 3. The number of nitrogens with zero attached hydrogens (tertiary/aromatic N) is 1. The van der Waals surface area contributed by atoms with Crippen LogP contribution in [0.5, 0.6) is 5.88 Å². The Morgan fingerprint density at radius 1 is 1.40 bits per heavy atom. The molecular formula is C12H14N2O. The molecule has 3 heteroatoms. The van der Waals surface area contributed by atoms with Crippen molar-refractivity contribution in [3.63, 3.8) is 0 Å². The number of hydrogen-bond donors (Lipinski definition) is 1. The highest BCUT2D eigenvalue weighted by molar-refractivity contribution is 5.75. The van der Waals surface area contributed by atoms with Crippen LogP contribution in [0.1, 0.15) is 18.4 Å². The molecule has 15 heavy (non-hydrogen) atoms. The second-order valence-corrected chi connectivity index (χ2v) is 3.45. The molecular weight excluding hydrogens is 188 g/mol. The lowest BCUT2D eigenvalue weighted by Crippen LogP contribution is -2.00. The first kappa shape index (κ1) is 9.77. The minimum atomic E-state index is 0.538. The molecule has 0 atom stereocenters. The van der Waals surface area contributed by atoms with Crippen molar-refractivity contribution in [3.8, 4) is 5.88 Å². The molecule has 0 saturated carbocycles. The summed E-state index contributed by atoms with van der Waals surface area (Å²) in [5.41, 5.74) is 8.13. The number of methoxy groups -OCH3 is 1. The monoisotopic (exact) mass is 202 g/mol. The molecule has 2 N–H and O–H groups in total. The van der Waals surface area contributed by atoms with Gasteiger partial charge in [-0.25, -0.2) is 0 Å². The zero-order valence-corrected chi connectivity index (χ0v) is 8.73. The average molecular weight is 202 g/mol. The standard InChI is InChI=1S/C12H14N2O/c1-15-11-8-7-10(12(13)14-11)9-5-3-2-4-6-9/h2-3,5,7-8H,4,6H2,1H3,(H2,13,14). The number of anilines is 1. The van der Waals surface area contributed by atoms with E-state index in [0.29, 0.717) is 11.7 Å². The van der Waals surface area contributed by atoms with Crippen LogP contribution in [0.4, 0.5) is 5.82 Å². The van der Waals surface area contributed by atoms with Crippen LogP contribution in [0.15, 0.2) is 30.4 Å². The van der Waals surface area contributed by atoms with Crippen LogP contribution >= 0.6 is 0 Å². The molecule has 0 bridgehead atoms. The molecule has 0 amide bonds. The first-order valence-electron chi connectivity index (χ1n) is 4.98. The van der Waals surface area contributed by atoms with Crippen molar-refractivity contribution in [1.29, 1.82) is 0 Å². The van der Waals surface area contributed by atoms with E-state index in [0.717, 1.165) is 18.4 Å². The van der Waals surface area contributed by atoms with Crippen molar-refractivity contribution in [2.75, 3.05) is 12.8 Å². The maximum absolute atomic E-state index is 5.87. The number of nitrogens with two attached hydrogens (primary N) is 1. The summed E-state index contributed by atoms with van der Waals surface area (Å²) in [6.45, 7) is 0. The first-order valence-corrected chi connectivity index (χ1v) is 4.98. The van der Waals surface area contributed by atoms with Gasteiger partial charge < -0.3 is 10.5 Å². The number of rotatable bonds is 2. The Morgan fingerprint density at radius 3 is 2.87 bits per heavy atom. The molecule has 0 spiro atoms. The summed E-state index contributed by atoms with van der Waals surface area (Å²) in [5.74, 6) is 1.10. The van der Waals surface area contributed by atoms with Gasteiger partial charge in [-0.2, -0.15) is 4.98 Å². The van der Waals surface area contributed by atoms with E-state index in [-0.39, 0.29) is 0 Å². The third-order valence-corrected chi connectivity index (χ3v) is 2.47. The molecule has 0 aromatic carbocycles. The SMILES string of the molecule is COc1ccc(C2=CC=CCC2)c(N)n1. The topological polar surface area (TPSA) is 48.1 Å². The van der Waals surface area contributed by atoms with Crippen LogP contribution in [0.3, 0.4) is 0 Å². The number of pyridine rings is 1. The summed E-state index contributed by atoms with van der Waals surface area (Å²) in [6.07, 6.45) is 8.38. The van der Waals surface area contributed by atoms with E-state index in [9.17, 15) is 0 Å². The van der Waals surface area contributed by atoms with Crippen LogP contribution < -0.4 is 10.5 Å². The average Bonchev–Trinajstić information content (AvgIpc) is 2.30. The highest BCUT2D eigenvalue weighted by Gasteiger charge is 2.08. The predicted molar refractivity (Wildman–Crippen MR) is 61.6 cm³/mol. The van der Waals surface area contributed by atoms with Crippen molar-refractivity contribution in [2.24, 2.45) is 0 Å². The Kier molecular flexibility index (Phi) is 2.72. The number of aromatic nitrogens is 1. The summed E-state index contributed by atoms with van der Waals surface area (Å²) in [4.78, 5) is 4.16. The highest BCUT2D eigenvalue weighted by Crippen LogP contribution is 2.28. The van der Waals surface area contributed by atoms with Gasteiger partial charge in [0.25, 0.3) is 0 Å². The smallest absolute Gasteiger partial charge is 0.214 e. The Labute approximate surface area is 89.3 Å². The largest absolute Gasteiger partial charge is 0.481 e. The number of ether oxygens (including phenoxy) is 1. The molecule has 0 saturated heterocycles. The van der Waals surface area contributed by atoms with Gasteiger partial charge in [-0.15, -0.1) is 0 Å². The zero-order valence-electron chi connectivity index (χ0n) is 8.73. The van der Waals surface area contributed by atoms with Crippen molar-refractivity contribution in [1.82, 2.24) is 4.98 Å². The fourth-order valence-electron chi connectivity index (χ4n) is 1.67. The molecule has 1 aromatic heterocycles. The van der Waals surface area contributed by atoms with Gasteiger partial charge in [-0.05, 0) is 24.5 Å². The lowest BCUT2D eigenvalue weighted by molar-refractivity contribution is 0.398. The van der Waals surface area contributed by atoms with Gasteiger partial charge in [0.2, 0.25) is 5.88 Å². The van der Waals surface area contributed by atoms with Gasteiger partial charge in [0, 0.05) is 11.6 Å². The van der Waals surface area contributed by atoms with Gasteiger partial charge >= 0.3 is 0 Å². The Balaban J connectivity index is 2.36. The van der Waals surface area contributed by atoms with Gasteiger partial charge in [0.05, 0.1) is 7.11 Å². The van der Waals surface area contributed by atoms with Crippen molar-refractivity contribution in [2.45, 2.75) is 12.8 Å². The van der Waals surface area contributed by atoms with E-state index in [1.165, 1.54) is 5.57 Å². The molecule has 2 rings (SSSR count). The predicted octanol–water partition coefficient (Wildman–Crippen LogP) is 2.41. The summed E-state index contributed by atoms with van der Waals surface area (Å²) >= 11 is 0. The fourth-order valence-corrected chi connectivity index (χ4v) is 1.67. The summed E-state index contributed by atoms with van der Waals surface area (Å²) in [7, 11) is 1.59. The molecule has 0 fully saturated rings. The molecule has 1 aliphatic rings. The molecule has 1 aliphatic carbocycles. The molecule has 78 valence electrons. The van der Waals surface area contributed by atoms with Crippen molar-refractivity contribution in [3.05, 3.63) is 35.9 Å². The first-order chi connectivity index (χ1) is 7.31. The van der Waals surface area contributed by atoms with Crippen LogP contribution in [0, 0.1) is 0 Å². The fraction of sp³-hybridized carbons (Fsp3) is 0.250. The number of nitrogen functional groups attached to an aromatic ring is 1. The van der Waals surface area contributed by atoms with Crippen molar-refractivity contribution < 1.29 is 4.74 Å². The minimum Gasteiger partial charge on any atom is -0.481 e. The molecule has 3 nitrogen and oxygen atoms in total. The van der Waals surface area contributed by atoms with Crippen molar-refractivity contribution >= 4 is 11.4 Å². The second kappa shape index (κ2) is 4.17. The van der Waals surface area contributed by atoms with E-state index in [1.807, 2.05) is 12.1 Å². The van der Waals surface area contributed by atoms with E-state index >= 15 is 0 Å². The second-order valence-electron chi connectivity index (χ2n) is 3.45. The molecule has 1 heterocycles. The normalized spacial score (nSPS) is 14.9. The summed E-state index contributed by atoms with van der Waals surface area (Å²) in [6, 6.07) is 3.80. The van der Waals surface area contributed by atoms with E-state index in [1.54, 1.807) is 7.11 Å². The summed E-state index contributed by atoms with van der Waals surface area (Å²) < 4.78 is 5.01. The lowest BCUT2D eigenvalue weighted by Gasteiger charge is -2.11. The third kappa shape index (κ3) is 2.01. The minimum absolute atomic E-state index is 0.538. The van der Waals surface area contributed by atoms with Gasteiger partial charge in [-0.3, -0.25) is 0 Å². The van der Waals surface area contributed by atoms with Crippen LogP contribution in [0.2, 0.25) is 0 Å². The molecule has 0 radical (unpaired) electrons. The number of allylic oxidation sites excluding steroid dienone is 4. The van der Waals surface area contributed by atoms with Crippen LogP contribution in [-0.4, -0.2) is 12.1 Å². The Morgan fingerprint density at radius 2 is 2.27 bits per heavy atom. The van der Waals surface area contributed by atoms with Crippen LogP contribution in [0.25, 0.3) is 5.57 Å².